The number of carbonyl (C=O) groups excluding carboxylic acids is 2. The summed E-state index contributed by atoms with van der Waals surface area (Å²) in [7, 11) is 0. The van der Waals surface area contributed by atoms with E-state index in [-0.39, 0.29) is 11.8 Å². The van der Waals surface area contributed by atoms with E-state index in [1.807, 2.05) is 24.3 Å². The Hall–Kier alpha value is -4.20. The molecule has 2 aromatic heterocycles. The van der Waals surface area contributed by atoms with Crippen LogP contribution < -0.4 is 10.7 Å². The SMILES string of the molecule is O=C(CC1C[C@H]1c1ccccc1)Nc1cc2c3c(c(-c4ncc[nH]4)[nH]c3c1)C=NNC2=O. The van der Waals surface area contributed by atoms with Crippen molar-refractivity contribution in [3.8, 4) is 11.5 Å². The normalized spacial score (nSPS) is 18.9. The molecular weight excluding hydrogens is 404 g/mol. The maximum atomic E-state index is 12.7. The molecule has 4 aromatic rings. The van der Waals surface area contributed by atoms with E-state index in [9.17, 15) is 9.59 Å². The predicted molar refractivity (Wildman–Crippen MR) is 121 cm³/mol. The number of hydrazone groups is 1. The molecule has 2 aliphatic rings. The Morgan fingerprint density at radius 2 is 2.06 bits per heavy atom. The number of aromatic nitrogens is 3. The number of H-pyrrole nitrogens is 2. The molecule has 0 bridgehead atoms. The second-order valence-corrected chi connectivity index (χ2v) is 8.26. The van der Waals surface area contributed by atoms with Gasteiger partial charge in [0.15, 0.2) is 5.82 Å². The third-order valence-corrected chi connectivity index (χ3v) is 6.16. The first-order valence-corrected chi connectivity index (χ1v) is 10.5. The van der Waals surface area contributed by atoms with Gasteiger partial charge in [-0.3, -0.25) is 9.59 Å². The molecule has 2 aromatic carbocycles. The van der Waals surface area contributed by atoms with Crippen molar-refractivity contribution in [3.63, 3.8) is 0 Å². The van der Waals surface area contributed by atoms with E-state index >= 15 is 0 Å². The van der Waals surface area contributed by atoms with Gasteiger partial charge in [-0.15, -0.1) is 0 Å². The molecule has 2 amide bonds. The van der Waals surface area contributed by atoms with E-state index in [1.165, 1.54) is 5.56 Å². The minimum Gasteiger partial charge on any atom is -0.351 e. The van der Waals surface area contributed by atoms with Crippen LogP contribution in [0.4, 0.5) is 5.69 Å². The Balaban J connectivity index is 1.28. The summed E-state index contributed by atoms with van der Waals surface area (Å²) in [5.41, 5.74) is 7.08. The van der Waals surface area contributed by atoms with Gasteiger partial charge in [0.05, 0.1) is 17.5 Å². The number of nitrogens with one attached hydrogen (secondary N) is 4. The zero-order valence-corrected chi connectivity index (χ0v) is 17.1. The lowest BCUT2D eigenvalue weighted by Crippen LogP contribution is -2.17. The second kappa shape index (κ2) is 7.19. The summed E-state index contributed by atoms with van der Waals surface area (Å²) in [4.78, 5) is 36.1. The fourth-order valence-electron chi connectivity index (χ4n) is 4.57. The van der Waals surface area contributed by atoms with Crippen LogP contribution in [0.1, 0.15) is 40.2 Å². The fourth-order valence-corrected chi connectivity index (χ4v) is 4.57. The number of imidazole rings is 1. The minimum atomic E-state index is -0.322. The molecule has 1 fully saturated rings. The van der Waals surface area contributed by atoms with Crippen LogP contribution in [0.5, 0.6) is 0 Å². The van der Waals surface area contributed by atoms with Gasteiger partial charge in [0, 0.05) is 41.0 Å². The molecule has 8 heteroatoms. The Bertz CT molecular complexity index is 1370. The Morgan fingerprint density at radius 3 is 2.88 bits per heavy atom. The van der Waals surface area contributed by atoms with Crippen LogP contribution in [0.15, 0.2) is 60.0 Å². The number of nitrogens with zero attached hydrogens (tertiary/aromatic N) is 2. The van der Waals surface area contributed by atoms with E-state index < -0.39 is 0 Å². The van der Waals surface area contributed by atoms with Gasteiger partial charge in [-0.1, -0.05) is 30.3 Å². The van der Waals surface area contributed by atoms with Crippen molar-refractivity contribution in [2.75, 3.05) is 5.32 Å². The molecule has 0 radical (unpaired) electrons. The molecule has 4 N–H and O–H groups in total. The van der Waals surface area contributed by atoms with Crippen molar-refractivity contribution in [3.05, 3.63) is 71.5 Å². The van der Waals surface area contributed by atoms with Crippen LogP contribution >= 0.6 is 0 Å². The molecule has 1 aliphatic heterocycles. The van der Waals surface area contributed by atoms with Crippen LogP contribution in [0.25, 0.3) is 22.4 Å². The first-order valence-electron chi connectivity index (χ1n) is 10.5. The molecule has 6 rings (SSSR count). The highest BCUT2D eigenvalue weighted by Crippen LogP contribution is 2.49. The summed E-state index contributed by atoms with van der Waals surface area (Å²) in [6, 6.07) is 13.8. The molecule has 8 nitrogen and oxygen atoms in total. The van der Waals surface area contributed by atoms with Crippen LogP contribution in [0.2, 0.25) is 0 Å². The summed E-state index contributed by atoms with van der Waals surface area (Å²) in [6.07, 6.45) is 6.49. The van der Waals surface area contributed by atoms with E-state index in [0.29, 0.717) is 35.3 Å². The standard InChI is InChI=1S/C24H20N6O2/c31-20(9-14-8-16(14)13-4-2-1-3-5-13)28-15-10-17-21-18(12-27-30-24(17)32)22(29-19(21)11-15)23-25-6-7-26-23/h1-7,10-12,14,16,29H,8-9H2,(H,25,26)(H,28,31)(H,30,32)/t14?,16-/m0/s1. The van der Waals surface area contributed by atoms with Gasteiger partial charge in [-0.2, -0.15) is 5.10 Å². The van der Waals surface area contributed by atoms with Gasteiger partial charge in [0.1, 0.15) is 0 Å². The van der Waals surface area contributed by atoms with Gasteiger partial charge in [0.2, 0.25) is 5.91 Å². The maximum Gasteiger partial charge on any atom is 0.272 e. The number of aromatic amines is 2. The van der Waals surface area contributed by atoms with Gasteiger partial charge in [-0.25, -0.2) is 10.4 Å². The van der Waals surface area contributed by atoms with Gasteiger partial charge < -0.3 is 15.3 Å². The van der Waals surface area contributed by atoms with Crippen LogP contribution in [-0.2, 0) is 4.79 Å². The maximum absolute atomic E-state index is 12.7. The number of hydrogen-bond donors (Lipinski definition) is 4. The first-order chi connectivity index (χ1) is 15.7. The summed E-state index contributed by atoms with van der Waals surface area (Å²) in [5.74, 6) is 1.07. The summed E-state index contributed by atoms with van der Waals surface area (Å²) < 4.78 is 0. The van der Waals surface area contributed by atoms with E-state index in [4.69, 9.17) is 0 Å². The molecule has 3 heterocycles. The van der Waals surface area contributed by atoms with Crippen molar-refractivity contribution in [2.45, 2.75) is 18.8 Å². The highest BCUT2D eigenvalue weighted by atomic mass is 16.2. The van der Waals surface area contributed by atoms with E-state index in [0.717, 1.165) is 28.6 Å². The molecule has 0 saturated heterocycles. The minimum absolute atomic E-state index is 0.0525. The number of anilines is 1. The smallest absolute Gasteiger partial charge is 0.272 e. The van der Waals surface area contributed by atoms with Crippen molar-refractivity contribution < 1.29 is 9.59 Å². The van der Waals surface area contributed by atoms with Crippen LogP contribution in [0.3, 0.4) is 0 Å². The number of benzene rings is 2. The van der Waals surface area contributed by atoms with Crippen LogP contribution in [0, 0.1) is 5.92 Å². The lowest BCUT2D eigenvalue weighted by molar-refractivity contribution is -0.116. The monoisotopic (exact) mass is 424 g/mol. The lowest BCUT2D eigenvalue weighted by Gasteiger charge is -2.08. The Morgan fingerprint density at radius 1 is 1.19 bits per heavy atom. The quantitative estimate of drug-likeness (QED) is 0.391. The summed E-state index contributed by atoms with van der Waals surface area (Å²) in [5, 5.41) is 7.76. The molecule has 158 valence electrons. The largest absolute Gasteiger partial charge is 0.351 e. The number of amides is 2. The van der Waals surface area contributed by atoms with Gasteiger partial charge in [0.25, 0.3) is 5.91 Å². The zero-order chi connectivity index (χ0) is 21.7. The summed E-state index contributed by atoms with van der Waals surface area (Å²) >= 11 is 0. The predicted octanol–water partition coefficient (Wildman–Crippen LogP) is 3.77. The second-order valence-electron chi connectivity index (χ2n) is 8.26. The average Bonchev–Trinajstić information content (AvgIpc) is 3.22. The van der Waals surface area contributed by atoms with Crippen molar-refractivity contribution in [1.29, 1.82) is 0 Å². The summed E-state index contributed by atoms with van der Waals surface area (Å²) in [6.45, 7) is 0. The average molecular weight is 424 g/mol. The van der Waals surface area contributed by atoms with Crippen molar-refractivity contribution >= 4 is 34.6 Å². The fraction of sp³-hybridized carbons (Fsp3) is 0.167. The topological polar surface area (TPSA) is 115 Å². The number of rotatable bonds is 5. The highest BCUT2D eigenvalue weighted by Gasteiger charge is 2.39. The van der Waals surface area contributed by atoms with E-state index in [2.05, 4.69) is 42.9 Å². The first kappa shape index (κ1) is 18.6. The van der Waals surface area contributed by atoms with Gasteiger partial charge >= 0.3 is 0 Å². The number of hydrogen-bond acceptors (Lipinski definition) is 4. The zero-order valence-electron chi connectivity index (χ0n) is 17.1. The molecule has 32 heavy (non-hydrogen) atoms. The number of carbonyl (C=O) groups is 2. The van der Waals surface area contributed by atoms with Crippen molar-refractivity contribution in [1.82, 2.24) is 20.4 Å². The molecular formula is C24H20N6O2. The molecule has 1 saturated carbocycles. The lowest BCUT2D eigenvalue weighted by atomic mass is 10.0. The molecule has 0 spiro atoms. The molecule has 2 atom stereocenters. The highest BCUT2D eigenvalue weighted by molar-refractivity contribution is 6.18. The Labute approximate surface area is 183 Å². The van der Waals surface area contributed by atoms with Crippen molar-refractivity contribution in [2.24, 2.45) is 11.0 Å². The third kappa shape index (κ3) is 3.17. The Kier molecular flexibility index (Phi) is 4.17. The third-order valence-electron chi connectivity index (χ3n) is 6.16. The van der Waals surface area contributed by atoms with Gasteiger partial charge in [-0.05, 0) is 36.0 Å². The van der Waals surface area contributed by atoms with Crippen LogP contribution in [-0.4, -0.2) is 33.0 Å². The van der Waals surface area contributed by atoms with E-state index in [1.54, 1.807) is 24.7 Å². The molecule has 1 aliphatic carbocycles. The molecule has 1 unspecified atom stereocenters.